The number of pyridine rings is 1. The molecule has 0 N–H and O–H groups in total. The Morgan fingerprint density at radius 3 is 2.11 bits per heavy atom. The molecule has 4 unspecified atom stereocenters. The predicted octanol–water partition coefficient (Wildman–Crippen LogP) is 13.4. The van der Waals surface area contributed by atoms with E-state index < -0.39 is 0 Å². The second-order valence-corrected chi connectivity index (χ2v) is 15.2. The van der Waals surface area contributed by atoms with E-state index in [0.29, 0.717) is 23.7 Å². The molecule has 2 nitrogen and oxygen atoms in total. The van der Waals surface area contributed by atoms with Crippen LogP contribution in [-0.4, -0.2) is 9.55 Å². The van der Waals surface area contributed by atoms with Gasteiger partial charge in [0, 0.05) is 28.1 Å². The summed E-state index contributed by atoms with van der Waals surface area (Å²) in [6, 6.07) is 51.3. The molecule has 1 fully saturated rings. The van der Waals surface area contributed by atoms with Crippen molar-refractivity contribution in [2.75, 3.05) is 0 Å². The monoisotopic (exact) mass is 686 g/mol. The first-order valence-electron chi connectivity index (χ1n) is 19.3. The first kappa shape index (κ1) is 33.1. The molecule has 2 aliphatic carbocycles. The van der Waals surface area contributed by atoms with E-state index in [1.807, 2.05) is 6.08 Å². The van der Waals surface area contributed by atoms with Crippen molar-refractivity contribution in [3.05, 3.63) is 197 Å². The molecule has 53 heavy (non-hydrogen) atoms. The molecule has 0 bridgehead atoms. The Hall–Kier alpha value is -5.73. The summed E-state index contributed by atoms with van der Waals surface area (Å²) in [5, 5.41) is 1.28. The van der Waals surface area contributed by atoms with Crippen molar-refractivity contribution in [2.24, 2.45) is 5.92 Å². The molecule has 9 rings (SSSR count). The Labute approximate surface area is 314 Å². The standard InChI is InChI=1S/C51H46N2/c1-4-5-21-43-35(3)53(51-33-40(36-17-8-6-9-18-36)32-49(52-51)37-19-10-7-11-20-37)50-28-26-39(30-48(43)50)38-25-27-44-41(29-38)31-47(42-22-13-12-16-34(42)2)46-24-15-14-23-45(44)46/h4-24,26,28,30,32-33,38,41,44,47H,1,25,27,29,31H2,2-3H3. The van der Waals surface area contributed by atoms with Gasteiger partial charge in [0.15, 0.2) is 0 Å². The average Bonchev–Trinajstić information content (AvgIpc) is 3.49. The molecule has 0 saturated heterocycles. The Morgan fingerprint density at radius 2 is 1.36 bits per heavy atom. The molecule has 7 aromatic rings. The van der Waals surface area contributed by atoms with Gasteiger partial charge in [-0.25, -0.2) is 4.98 Å². The van der Waals surface area contributed by atoms with Gasteiger partial charge in [-0.2, -0.15) is 0 Å². The number of aromatic nitrogens is 2. The lowest BCUT2D eigenvalue weighted by Crippen LogP contribution is -2.30. The van der Waals surface area contributed by atoms with Crippen LogP contribution in [0.1, 0.15) is 82.5 Å². The smallest absolute Gasteiger partial charge is 0.138 e. The van der Waals surface area contributed by atoms with Crippen LogP contribution in [0.25, 0.3) is 45.2 Å². The van der Waals surface area contributed by atoms with Crippen molar-refractivity contribution in [3.8, 4) is 28.2 Å². The van der Waals surface area contributed by atoms with Crippen LogP contribution in [0.3, 0.4) is 0 Å². The summed E-state index contributed by atoms with van der Waals surface area (Å²) >= 11 is 0. The summed E-state index contributed by atoms with van der Waals surface area (Å²) in [4.78, 5) is 5.34. The predicted molar refractivity (Wildman–Crippen MR) is 223 cm³/mol. The van der Waals surface area contributed by atoms with Gasteiger partial charge in [-0.3, -0.25) is 4.57 Å². The van der Waals surface area contributed by atoms with E-state index in [4.69, 9.17) is 4.98 Å². The Balaban J connectivity index is 1.12. The summed E-state index contributed by atoms with van der Waals surface area (Å²) in [6.45, 7) is 8.53. The number of hydrogen-bond donors (Lipinski definition) is 0. The topological polar surface area (TPSA) is 17.8 Å². The number of allylic oxidation sites excluding steroid dienone is 2. The van der Waals surface area contributed by atoms with Crippen LogP contribution in [0.4, 0.5) is 0 Å². The second kappa shape index (κ2) is 14.0. The molecule has 260 valence electrons. The summed E-state index contributed by atoms with van der Waals surface area (Å²) in [6.07, 6.45) is 11.1. The van der Waals surface area contributed by atoms with E-state index in [-0.39, 0.29) is 0 Å². The van der Waals surface area contributed by atoms with E-state index in [2.05, 4.69) is 177 Å². The summed E-state index contributed by atoms with van der Waals surface area (Å²) in [7, 11) is 0. The van der Waals surface area contributed by atoms with Crippen LogP contribution in [0.2, 0.25) is 0 Å². The Bertz CT molecular complexity index is 2410. The lowest BCUT2D eigenvalue weighted by atomic mass is 9.60. The van der Waals surface area contributed by atoms with Crippen molar-refractivity contribution in [2.45, 2.75) is 57.3 Å². The quantitative estimate of drug-likeness (QED) is 0.153. The zero-order valence-electron chi connectivity index (χ0n) is 30.8. The summed E-state index contributed by atoms with van der Waals surface area (Å²) in [5.74, 6) is 3.23. The van der Waals surface area contributed by atoms with Gasteiger partial charge in [-0.15, -0.1) is 0 Å². The Kier molecular flexibility index (Phi) is 8.76. The van der Waals surface area contributed by atoms with Crippen molar-refractivity contribution >= 4 is 17.0 Å². The van der Waals surface area contributed by atoms with Crippen LogP contribution < -0.4 is 0 Å². The van der Waals surface area contributed by atoms with Gasteiger partial charge in [0.1, 0.15) is 5.82 Å². The van der Waals surface area contributed by atoms with Crippen LogP contribution in [-0.2, 0) is 0 Å². The summed E-state index contributed by atoms with van der Waals surface area (Å²) < 4.78 is 2.36. The molecule has 2 heteroatoms. The number of benzene rings is 5. The maximum absolute atomic E-state index is 5.34. The third-order valence-corrected chi connectivity index (χ3v) is 12.2. The molecule has 1 saturated carbocycles. The Morgan fingerprint density at radius 1 is 0.660 bits per heavy atom. The molecule has 2 heterocycles. The highest BCUT2D eigenvalue weighted by Crippen LogP contribution is 2.54. The minimum Gasteiger partial charge on any atom is -0.298 e. The molecular weight excluding hydrogens is 641 g/mol. The molecule has 2 aromatic heterocycles. The zero-order valence-corrected chi connectivity index (χ0v) is 30.8. The van der Waals surface area contributed by atoms with E-state index in [1.54, 1.807) is 11.1 Å². The first-order valence-corrected chi connectivity index (χ1v) is 19.3. The van der Waals surface area contributed by atoms with Crippen LogP contribution in [0.5, 0.6) is 0 Å². The molecule has 4 atom stereocenters. The highest BCUT2D eigenvalue weighted by Gasteiger charge is 2.40. The van der Waals surface area contributed by atoms with Gasteiger partial charge in [-0.05, 0) is 120 Å². The molecule has 2 aliphatic rings. The van der Waals surface area contributed by atoms with Crippen molar-refractivity contribution in [1.29, 1.82) is 0 Å². The molecule has 0 aliphatic heterocycles. The largest absolute Gasteiger partial charge is 0.298 e. The van der Waals surface area contributed by atoms with Crippen molar-refractivity contribution in [3.63, 3.8) is 0 Å². The normalized spacial score (nSPS) is 19.6. The maximum Gasteiger partial charge on any atom is 0.138 e. The van der Waals surface area contributed by atoms with Gasteiger partial charge in [0.05, 0.1) is 11.2 Å². The maximum atomic E-state index is 5.34. The summed E-state index contributed by atoms with van der Waals surface area (Å²) in [5.41, 5.74) is 15.5. The van der Waals surface area contributed by atoms with Crippen molar-refractivity contribution in [1.82, 2.24) is 9.55 Å². The van der Waals surface area contributed by atoms with Crippen LogP contribution in [0, 0.1) is 19.8 Å². The fourth-order valence-corrected chi connectivity index (χ4v) is 9.67. The minimum atomic E-state index is 0.460. The number of fused-ring (bicyclic) bond motifs is 4. The molecule has 0 amide bonds. The number of hydrogen-bond acceptors (Lipinski definition) is 1. The first-order chi connectivity index (χ1) is 26.1. The van der Waals surface area contributed by atoms with Gasteiger partial charge in [0.2, 0.25) is 0 Å². The number of aryl methyl sites for hydroxylation is 1. The highest BCUT2D eigenvalue weighted by atomic mass is 15.1. The van der Waals surface area contributed by atoms with Crippen molar-refractivity contribution < 1.29 is 0 Å². The van der Waals surface area contributed by atoms with E-state index in [0.717, 1.165) is 22.6 Å². The van der Waals surface area contributed by atoms with Crippen LogP contribution >= 0.6 is 0 Å². The lowest BCUT2D eigenvalue weighted by Gasteiger charge is -2.44. The minimum absolute atomic E-state index is 0.460. The number of rotatable bonds is 7. The van der Waals surface area contributed by atoms with E-state index >= 15 is 0 Å². The lowest BCUT2D eigenvalue weighted by molar-refractivity contribution is 0.240. The van der Waals surface area contributed by atoms with Gasteiger partial charge >= 0.3 is 0 Å². The molecule has 5 aromatic carbocycles. The van der Waals surface area contributed by atoms with Crippen LogP contribution in [0.15, 0.2) is 158 Å². The SMILES string of the molecule is C=CC=Cc1c(C)n(-c2cc(-c3ccccc3)cc(-c3ccccc3)n2)c2ccc(C3CCC4c5ccccc5C(c5ccccc5C)CC4C3)cc12. The molecule has 0 radical (unpaired) electrons. The second-order valence-electron chi connectivity index (χ2n) is 15.2. The van der Waals surface area contributed by atoms with E-state index in [9.17, 15) is 0 Å². The molecular formula is C51H46N2. The zero-order chi connectivity index (χ0) is 35.9. The third-order valence-electron chi connectivity index (χ3n) is 12.2. The average molecular weight is 687 g/mol. The highest BCUT2D eigenvalue weighted by molar-refractivity contribution is 5.93. The third kappa shape index (κ3) is 6.07. The van der Waals surface area contributed by atoms with Gasteiger partial charge < -0.3 is 0 Å². The van der Waals surface area contributed by atoms with Gasteiger partial charge in [0.25, 0.3) is 0 Å². The number of nitrogens with zero attached hydrogens (tertiary/aromatic N) is 2. The molecule has 0 spiro atoms. The van der Waals surface area contributed by atoms with E-state index in [1.165, 1.54) is 70.1 Å². The fraction of sp³-hybridized carbons (Fsp3) is 0.196. The fourth-order valence-electron chi connectivity index (χ4n) is 9.67. The van der Waals surface area contributed by atoms with Gasteiger partial charge in [-0.1, -0.05) is 140 Å².